The van der Waals surface area contributed by atoms with Gasteiger partial charge in [-0.2, -0.15) is 5.10 Å². The minimum absolute atomic E-state index is 0.00507. The van der Waals surface area contributed by atoms with E-state index in [1.54, 1.807) is 6.08 Å². The second kappa shape index (κ2) is 8.42. The van der Waals surface area contributed by atoms with E-state index in [0.29, 0.717) is 13.1 Å². The molecule has 6 heteroatoms. The predicted octanol–water partition coefficient (Wildman–Crippen LogP) is 1.91. The highest BCUT2D eigenvalue weighted by atomic mass is 16.3. The van der Waals surface area contributed by atoms with Crippen LogP contribution in [0.1, 0.15) is 11.4 Å². The second-order valence-electron chi connectivity index (χ2n) is 5.59. The maximum absolute atomic E-state index is 12.3. The molecule has 6 nitrogen and oxygen atoms in total. The summed E-state index contributed by atoms with van der Waals surface area (Å²) >= 11 is 0. The summed E-state index contributed by atoms with van der Waals surface area (Å²) in [4.78, 5) is 14.1. The molecule has 0 saturated carbocycles. The van der Waals surface area contributed by atoms with Crippen LogP contribution in [0.15, 0.2) is 43.0 Å². The molecule has 2 rings (SSSR count). The molecular weight excluding hydrogens is 304 g/mol. The summed E-state index contributed by atoms with van der Waals surface area (Å²) in [5, 5.41) is 16.5. The Bertz CT molecular complexity index is 695. The highest BCUT2D eigenvalue weighted by Gasteiger charge is 2.16. The SMILES string of the molecule is C=CCN(CCO)CC(=O)Nc1c(C)nn(-c2ccccc2)c1C. The molecule has 1 aromatic carbocycles. The normalized spacial score (nSPS) is 10.8. The average molecular weight is 328 g/mol. The third-order valence-electron chi connectivity index (χ3n) is 3.73. The van der Waals surface area contributed by atoms with Crippen LogP contribution in [0.2, 0.25) is 0 Å². The van der Waals surface area contributed by atoms with E-state index in [9.17, 15) is 4.79 Å². The van der Waals surface area contributed by atoms with Crippen molar-refractivity contribution in [3.8, 4) is 5.69 Å². The monoisotopic (exact) mass is 328 g/mol. The lowest BCUT2D eigenvalue weighted by molar-refractivity contribution is -0.117. The van der Waals surface area contributed by atoms with E-state index >= 15 is 0 Å². The van der Waals surface area contributed by atoms with Gasteiger partial charge in [0.15, 0.2) is 0 Å². The first-order valence-electron chi connectivity index (χ1n) is 7.92. The number of anilines is 1. The van der Waals surface area contributed by atoms with Crippen molar-refractivity contribution in [2.45, 2.75) is 13.8 Å². The van der Waals surface area contributed by atoms with Gasteiger partial charge in [-0.05, 0) is 26.0 Å². The average Bonchev–Trinajstić information content (AvgIpc) is 2.84. The summed E-state index contributed by atoms with van der Waals surface area (Å²) < 4.78 is 1.82. The van der Waals surface area contributed by atoms with Gasteiger partial charge in [-0.1, -0.05) is 24.3 Å². The van der Waals surface area contributed by atoms with Crippen molar-refractivity contribution in [3.05, 3.63) is 54.4 Å². The van der Waals surface area contributed by atoms with Crippen molar-refractivity contribution < 1.29 is 9.90 Å². The number of hydrogen-bond acceptors (Lipinski definition) is 4. The standard InChI is InChI=1S/C18H24N4O2/c1-4-10-21(11-12-23)13-17(24)19-18-14(2)20-22(15(18)3)16-8-6-5-7-9-16/h4-9,23H,1,10-13H2,2-3H3,(H,19,24). The molecule has 1 heterocycles. The number of aliphatic hydroxyl groups is 1. The molecule has 128 valence electrons. The van der Waals surface area contributed by atoms with Crippen LogP contribution in [-0.4, -0.2) is 51.9 Å². The van der Waals surface area contributed by atoms with E-state index in [1.165, 1.54) is 0 Å². The fourth-order valence-corrected chi connectivity index (χ4v) is 2.59. The molecule has 0 unspecified atom stereocenters. The molecule has 0 spiro atoms. The molecular formula is C18H24N4O2. The van der Waals surface area contributed by atoms with Gasteiger partial charge >= 0.3 is 0 Å². The maximum Gasteiger partial charge on any atom is 0.238 e. The van der Waals surface area contributed by atoms with Crippen LogP contribution in [0, 0.1) is 13.8 Å². The van der Waals surface area contributed by atoms with Crippen molar-refractivity contribution in [3.63, 3.8) is 0 Å². The Morgan fingerprint density at radius 2 is 2.08 bits per heavy atom. The fourth-order valence-electron chi connectivity index (χ4n) is 2.59. The summed E-state index contributed by atoms with van der Waals surface area (Å²) in [7, 11) is 0. The van der Waals surface area contributed by atoms with Gasteiger partial charge in [0.1, 0.15) is 0 Å². The number of hydrogen-bond donors (Lipinski definition) is 2. The van der Waals surface area contributed by atoms with E-state index < -0.39 is 0 Å². The number of nitrogens with one attached hydrogen (secondary N) is 1. The van der Waals surface area contributed by atoms with Gasteiger partial charge < -0.3 is 10.4 Å². The van der Waals surface area contributed by atoms with Crippen molar-refractivity contribution in [1.82, 2.24) is 14.7 Å². The zero-order valence-electron chi connectivity index (χ0n) is 14.2. The molecule has 2 N–H and O–H groups in total. The van der Waals surface area contributed by atoms with Crippen LogP contribution < -0.4 is 5.32 Å². The highest BCUT2D eigenvalue weighted by Crippen LogP contribution is 2.22. The highest BCUT2D eigenvalue weighted by molar-refractivity contribution is 5.93. The zero-order valence-corrected chi connectivity index (χ0v) is 14.2. The number of carbonyl (C=O) groups excluding carboxylic acids is 1. The molecule has 0 fully saturated rings. The molecule has 0 aliphatic rings. The summed E-state index contributed by atoms with van der Waals surface area (Å²) in [6.07, 6.45) is 1.72. The molecule has 1 aromatic heterocycles. The molecule has 1 amide bonds. The smallest absolute Gasteiger partial charge is 0.238 e. The Balaban J connectivity index is 2.14. The van der Waals surface area contributed by atoms with Crippen LogP contribution >= 0.6 is 0 Å². The summed E-state index contributed by atoms with van der Waals surface area (Å²) in [6.45, 7) is 8.66. The van der Waals surface area contributed by atoms with Gasteiger partial charge in [0.25, 0.3) is 0 Å². The molecule has 0 bridgehead atoms. The predicted molar refractivity (Wildman–Crippen MR) is 95.4 cm³/mol. The number of rotatable bonds is 8. The minimum atomic E-state index is -0.135. The molecule has 0 radical (unpaired) electrons. The van der Waals surface area contributed by atoms with Crippen LogP contribution in [0.3, 0.4) is 0 Å². The Morgan fingerprint density at radius 1 is 1.38 bits per heavy atom. The summed E-state index contributed by atoms with van der Waals surface area (Å²) in [5.41, 5.74) is 3.32. The van der Waals surface area contributed by atoms with Gasteiger partial charge in [0.2, 0.25) is 5.91 Å². The van der Waals surface area contributed by atoms with Crippen molar-refractivity contribution in [2.24, 2.45) is 0 Å². The van der Waals surface area contributed by atoms with E-state index in [0.717, 1.165) is 22.8 Å². The largest absolute Gasteiger partial charge is 0.395 e. The number of benzene rings is 1. The fraction of sp³-hybridized carbons (Fsp3) is 0.333. The van der Waals surface area contributed by atoms with Crippen molar-refractivity contribution >= 4 is 11.6 Å². The number of aliphatic hydroxyl groups excluding tert-OH is 1. The first-order chi connectivity index (χ1) is 11.6. The van der Waals surface area contributed by atoms with Crippen molar-refractivity contribution in [2.75, 3.05) is 31.6 Å². The molecule has 24 heavy (non-hydrogen) atoms. The summed E-state index contributed by atoms with van der Waals surface area (Å²) in [5.74, 6) is -0.135. The van der Waals surface area contributed by atoms with Gasteiger partial charge in [0.05, 0.1) is 35.9 Å². The number of aryl methyl sites for hydroxylation is 1. The second-order valence-corrected chi connectivity index (χ2v) is 5.59. The van der Waals surface area contributed by atoms with E-state index in [2.05, 4.69) is 17.0 Å². The topological polar surface area (TPSA) is 70.4 Å². The quantitative estimate of drug-likeness (QED) is 0.726. The lowest BCUT2D eigenvalue weighted by atomic mass is 10.3. The van der Waals surface area contributed by atoms with Gasteiger partial charge in [-0.3, -0.25) is 9.69 Å². The molecule has 0 saturated heterocycles. The maximum atomic E-state index is 12.3. The number of carbonyl (C=O) groups is 1. The number of nitrogens with zero attached hydrogens (tertiary/aromatic N) is 3. The third kappa shape index (κ3) is 4.31. The van der Waals surface area contributed by atoms with Crippen LogP contribution in [0.5, 0.6) is 0 Å². The Hall–Kier alpha value is -2.44. The molecule has 2 aromatic rings. The first-order valence-corrected chi connectivity index (χ1v) is 7.92. The number of para-hydroxylation sites is 1. The van der Waals surface area contributed by atoms with Gasteiger partial charge in [0, 0.05) is 13.1 Å². The Kier molecular flexibility index (Phi) is 6.28. The van der Waals surface area contributed by atoms with Crippen LogP contribution in [-0.2, 0) is 4.79 Å². The van der Waals surface area contributed by atoms with Crippen LogP contribution in [0.25, 0.3) is 5.69 Å². The molecule has 0 aliphatic carbocycles. The molecule has 0 atom stereocenters. The zero-order chi connectivity index (χ0) is 17.5. The third-order valence-corrected chi connectivity index (χ3v) is 3.73. The number of amides is 1. The van der Waals surface area contributed by atoms with E-state index in [-0.39, 0.29) is 19.1 Å². The molecule has 0 aliphatic heterocycles. The lowest BCUT2D eigenvalue weighted by Crippen LogP contribution is -2.35. The Labute approximate surface area is 142 Å². The van der Waals surface area contributed by atoms with Gasteiger partial charge in [-0.15, -0.1) is 6.58 Å². The number of aromatic nitrogens is 2. The van der Waals surface area contributed by atoms with Gasteiger partial charge in [-0.25, -0.2) is 4.68 Å². The Morgan fingerprint density at radius 3 is 2.71 bits per heavy atom. The lowest BCUT2D eigenvalue weighted by Gasteiger charge is -2.18. The van der Waals surface area contributed by atoms with E-state index in [4.69, 9.17) is 5.11 Å². The van der Waals surface area contributed by atoms with E-state index in [1.807, 2.05) is 53.8 Å². The van der Waals surface area contributed by atoms with Crippen molar-refractivity contribution in [1.29, 1.82) is 0 Å². The minimum Gasteiger partial charge on any atom is -0.395 e. The first kappa shape index (κ1) is 17.9. The van der Waals surface area contributed by atoms with Crippen LogP contribution in [0.4, 0.5) is 5.69 Å². The summed E-state index contributed by atoms with van der Waals surface area (Å²) in [6, 6.07) is 9.79.